The van der Waals surface area contributed by atoms with Gasteiger partial charge in [0.25, 0.3) is 11.5 Å². The number of hydrogen-bond donors (Lipinski definition) is 1. The van der Waals surface area contributed by atoms with Crippen molar-refractivity contribution in [1.29, 1.82) is 5.26 Å². The Morgan fingerprint density at radius 1 is 1.06 bits per heavy atom. The van der Waals surface area contributed by atoms with E-state index in [-0.39, 0.29) is 28.6 Å². The molecule has 2 aliphatic heterocycles. The van der Waals surface area contributed by atoms with Gasteiger partial charge in [-0.2, -0.15) is 5.26 Å². The summed E-state index contributed by atoms with van der Waals surface area (Å²) in [6, 6.07) is 12.6. The second-order valence-electron chi connectivity index (χ2n) is 15.2. The number of rotatable bonds is 9. The van der Waals surface area contributed by atoms with E-state index in [9.17, 15) is 20.0 Å². The predicted molar refractivity (Wildman–Crippen MR) is 198 cm³/mol. The summed E-state index contributed by atoms with van der Waals surface area (Å²) in [7, 11) is 5.18. The molecule has 1 spiro atoms. The Balaban J connectivity index is 1.17. The topological polar surface area (TPSA) is 111 Å². The number of methoxy groups -OCH3 is 2. The number of nitrogens with zero attached hydrogens (tertiary/aromatic N) is 5. The molecule has 0 bridgehead atoms. The monoisotopic (exact) mass is 693 g/mol. The Bertz CT molecular complexity index is 1950. The van der Waals surface area contributed by atoms with Gasteiger partial charge in [0.1, 0.15) is 23.1 Å². The fourth-order valence-corrected chi connectivity index (χ4v) is 7.99. The van der Waals surface area contributed by atoms with E-state index in [1.165, 1.54) is 17.2 Å². The van der Waals surface area contributed by atoms with Crippen LogP contribution in [0.1, 0.15) is 73.0 Å². The average molecular weight is 694 g/mol. The molecule has 2 fully saturated rings. The Hall–Kier alpha value is -4.43. The number of pyridine rings is 1. The number of carbonyl (C=O) groups excluding carboxylic acids is 1. The Morgan fingerprint density at radius 3 is 2.35 bits per heavy atom. The zero-order chi connectivity index (χ0) is 36.8. The summed E-state index contributed by atoms with van der Waals surface area (Å²) >= 11 is 0. The van der Waals surface area contributed by atoms with E-state index in [4.69, 9.17) is 9.47 Å². The molecule has 0 unspecified atom stereocenters. The van der Waals surface area contributed by atoms with Crippen LogP contribution in [0.3, 0.4) is 0 Å². The molecular weight excluding hydrogens is 642 g/mol. The highest BCUT2D eigenvalue weighted by molar-refractivity contribution is 5.97. The van der Waals surface area contributed by atoms with Crippen molar-refractivity contribution in [2.24, 2.45) is 7.05 Å². The van der Waals surface area contributed by atoms with Crippen LogP contribution >= 0.6 is 0 Å². The van der Waals surface area contributed by atoms with Crippen LogP contribution in [0.25, 0.3) is 11.1 Å². The largest absolute Gasteiger partial charge is 0.496 e. The number of piperazine rings is 1. The molecule has 1 atom stereocenters. The van der Waals surface area contributed by atoms with E-state index in [0.717, 1.165) is 90.3 Å². The van der Waals surface area contributed by atoms with E-state index in [0.29, 0.717) is 13.1 Å². The molecule has 1 saturated heterocycles. The van der Waals surface area contributed by atoms with Gasteiger partial charge in [0.2, 0.25) is 0 Å². The number of fused-ring (bicyclic) bond motifs is 1. The number of amides is 1. The lowest BCUT2D eigenvalue weighted by atomic mass is 9.90. The van der Waals surface area contributed by atoms with Gasteiger partial charge in [-0.3, -0.25) is 19.4 Å². The number of aryl methyl sites for hydroxylation is 1. The molecule has 1 aromatic heterocycles. The van der Waals surface area contributed by atoms with Gasteiger partial charge < -0.3 is 24.0 Å². The molecule has 1 amide bonds. The van der Waals surface area contributed by atoms with Crippen molar-refractivity contribution in [1.82, 2.24) is 19.3 Å². The number of benzene rings is 2. The quantitative estimate of drug-likeness (QED) is 0.241. The zero-order valence-corrected chi connectivity index (χ0v) is 31.3. The van der Waals surface area contributed by atoms with Crippen LogP contribution in [0.15, 0.2) is 53.0 Å². The fraction of sp³-hybridized carbons (Fsp3) is 0.488. The third-order valence-electron chi connectivity index (χ3n) is 11.2. The summed E-state index contributed by atoms with van der Waals surface area (Å²) in [5, 5.41) is 19.9. The molecule has 270 valence electrons. The molecule has 51 heavy (non-hydrogen) atoms. The highest BCUT2D eigenvalue weighted by Crippen LogP contribution is 2.46. The lowest BCUT2D eigenvalue weighted by molar-refractivity contribution is -0.129. The van der Waals surface area contributed by atoms with Crippen molar-refractivity contribution in [3.05, 3.63) is 91.9 Å². The second-order valence-corrected chi connectivity index (χ2v) is 15.2. The van der Waals surface area contributed by atoms with E-state index in [1.807, 2.05) is 33.0 Å². The molecule has 2 aromatic carbocycles. The van der Waals surface area contributed by atoms with Crippen LogP contribution in [0.4, 0.5) is 0 Å². The van der Waals surface area contributed by atoms with E-state index >= 15 is 0 Å². The van der Waals surface area contributed by atoms with Gasteiger partial charge in [-0.25, -0.2) is 0 Å². The first-order chi connectivity index (χ1) is 24.2. The minimum atomic E-state index is -1.25. The van der Waals surface area contributed by atoms with Crippen molar-refractivity contribution in [2.45, 2.75) is 84.2 Å². The number of hydrogen-bond acceptors (Lipinski definition) is 8. The standard InChI is InChI=1S/C41H51N5O5/c1-26-27(2)38(47)43(6)23-34(26)31-18-36(50-7)35(37(19-31)51-8)24-44-15-16-45(41(25-44)12-13-41)22-29-9-10-30-11-14-46(28(3)33(30)17-29)39(48)32(21-42)20-40(4,5)49/h9-10,17-20,23,28,49H,11-16,22,24-25H2,1-8H3/b32-20+/t28-/m1/s1. The number of aromatic nitrogens is 1. The highest BCUT2D eigenvalue weighted by Gasteiger charge is 2.51. The second kappa shape index (κ2) is 13.9. The molecule has 10 heteroatoms. The molecule has 3 heterocycles. The first-order valence-corrected chi connectivity index (χ1v) is 17.9. The van der Waals surface area contributed by atoms with Crippen molar-refractivity contribution in [3.8, 4) is 28.7 Å². The van der Waals surface area contributed by atoms with Crippen LogP contribution in [-0.2, 0) is 31.4 Å². The smallest absolute Gasteiger partial charge is 0.264 e. The van der Waals surface area contributed by atoms with Crippen molar-refractivity contribution < 1.29 is 19.4 Å². The fourth-order valence-electron chi connectivity index (χ4n) is 7.99. The summed E-state index contributed by atoms with van der Waals surface area (Å²) in [6.45, 7) is 13.9. The van der Waals surface area contributed by atoms with E-state index < -0.39 is 5.60 Å². The maximum Gasteiger partial charge on any atom is 0.264 e. The molecule has 3 aromatic rings. The maximum absolute atomic E-state index is 13.4. The summed E-state index contributed by atoms with van der Waals surface area (Å²) in [4.78, 5) is 32.8. The molecular formula is C41H51N5O5. The van der Waals surface area contributed by atoms with E-state index in [1.54, 1.807) is 44.6 Å². The summed E-state index contributed by atoms with van der Waals surface area (Å²) in [5.74, 6) is 1.21. The summed E-state index contributed by atoms with van der Waals surface area (Å²) in [5.41, 5.74) is 7.08. The van der Waals surface area contributed by atoms with Gasteiger partial charge in [0.05, 0.1) is 31.4 Å². The van der Waals surface area contributed by atoms with Crippen LogP contribution in [0, 0.1) is 25.2 Å². The minimum Gasteiger partial charge on any atom is -0.496 e. The van der Waals surface area contributed by atoms with Crippen LogP contribution < -0.4 is 15.0 Å². The summed E-state index contributed by atoms with van der Waals surface area (Å²) in [6.07, 6.45) is 6.26. The first-order valence-electron chi connectivity index (χ1n) is 17.9. The molecule has 0 radical (unpaired) electrons. The van der Waals surface area contributed by atoms with Crippen LogP contribution in [-0.4, -0.2) is 81.8 Å². The van der Waals surface area contributed by atoms with Gasteiger partial charge in [-0.1, -0.05) is 18.2 Å². The maximum atomic E-state index is 13.4. The zero-order valence-electron chi connectivity index (χ0n) is 31.3. The van der Waals surface area contributed by atoms with Crippen LogP contribution in [0.2, 0.25) is 0 Å². The summed E-state index contributed by atoms with van der Waals surface area (Å²) < 4.78 is 13.5. The first kappa shape index (κ1) is 36.4. The van der Waals surface area contributed by atoms with Crippen molar-refractivity contribution in [3.63, 3.8) is 0 Å². The number of aliphatic hydroxyl groups is 1. The van der Waals surface area contributed by atoms with E-state index in [2.05, 4.69) is 40.1 Å². The van der Waals surface area contributed by atoms with Crippen LogP contribution in [0.5, 0.6) is 11.5 Å². The lowest BCUT2D eigenvalue weighted by Crippen LogP contribution is -2.54. The number of ether oxygens (including phenoxy) is 2. The molecule has 3 aliphatic rings. The van der Waals surface area contributed by atoms with Crippen molar-refractivity contribution >= 4 is 5.91 Å². The van der Waals surface area contributed by atoms with Gasteiger partial charge in [0, 0.05) is 69.2 Å². The lowest BCUT2D eigenvalue weighted by Gasteiger charge is -2.43. The van der Waals surface area contributed by atoms with Crippen molar-refractivity contribution in [2.75, 3.05) is 40.4 Å². The number of carbonyl (C=O) groups is 1. The molecule has 1 saturated carbocycles. The average Bonchev–Trinajstić information content (AvgIpc) is 3.88. The minimum absolute atomic E-state index is 0.00611. The Kier molecular flexibility index (Phi) is 9.94. The predicted octanol–water partition coefficient (Wildman–Crippen LogP) is 5.20. The molecule has 6 rings (SSSR count). The van der Waals surface area contributed by atoms with Gasteiger partial charge in [-0.05, 0) is 99.9 Å². The highest BCUT2D eigenvalue weighted by atomic mass is 16.5. The van der Waals surface area contributed by atoms with Gasteiger partial charge >= 0.3 is 0 Å². The molecule has 1 aliphatic carbocycles. The third kappa shape index (κ3) is 7.21. The Labute approximate surface area is 301 Å². The third-order valence-corrected chi connectivity index (χ3v) is 11.2. The molecule has 1 N–H and O–H groups in total. The SMILES string of the molecule is COc1cc(-c2cn(C)c(=O)c(C)c2C)cc(OC)c1CN1CCN(Cc2ccc3c(c2)[C@@H](C)N(C(=O)/C(C#N)=C/C(C)(C)O)CC3)C2(CC2)C1. The van der Waals surface area contributed by atoms with Gasteiger partial charge in [0.15, 0.2) is 0 Å². The molecule has 10 nitrogen and oxygen atoms in total. The normalized spacial score (nSPS) is 19.1. The number of nitriles is 1. The Morgan fingerprint density at radius 2 is 1.75 bits per heavy atom. The van der Waals surface area contributed by atoms with Gasteiger partial charge in [-0.15, -0.1) is 0 Å².